The molecule has 0 fully saturated rings. The molecule has 2 N–H and O–H groups in total. The van der Waals surface area contributed by atoms with Gasteiger partial charge in [-0.25, -0.2) is 4.98 Å². The number of fused-ring (bicyclic) bond motifs is 1. The van der Waals surface area contributed by atoms with Crippen LogP contribution in [0.15, 0.2) is 60.9 Å². The number of nitriles is 1. The minimum Gasteiger partial charge on any atom is -0.497 e. The summed E-state index contributed by atoms with van der Waals surface area (Å²) >= 11 is 0. The minimum absolute atomic E-state index is 0.0434. The average molecular weight is 441 g/mol. The van der Waals surface area contributed by atoms with Gasteiger partial charge in [0.15, 0.2) is 0 Å². The molecule has 10 heteroatoms. The van der Waals surface area contributed by atoms with Crippen molar-refractivity contribution in [2.24, 2.45) is 0 Å². The first kappa shape index (κ1) is 21.5. The maximum absolute atomic E-state index is 12.9. The van der Waals surface area contributed by atoms with Crippen molar-refractivity contribution in [2.45, 2.75) is 13.1 Å². The number of carbonyl (C=O) groups excluding carboxylic acids is 2. The molecular formula is C23H19N7O3. The molecule has 0 spiro atoms. The van der Waals surface area contributed by atoms with E-state index < -0.39 is 11.8 Å². The molecule has 0 aliphatic rings. The van der Waals surface area contributed by atoms with E-state index in [4.69, 9.17) is 10.00 Å². The summed E-state index contributed by atoms with van der Waals surface area (Å²) in [5, 5.41) is 18.5. The predicted octanol–water partition coefficient (Wildman–Crippen LogP) is 1.86. The average Bonchev–Trinajstić information content (AvgIpc) is 3.34. The summed E-state index contributed by atoms with van der Waals surface area (Å²) in [5.41, 5.74) is 2.38. The largest absolute Gasteiger partial charge is 0.497 e. The Kier molecular flexibility index (Phi) is 6.22. The molecule has 0 atom stereocenters. The van der Waals surface area contributed by atoms with Gasteiger partial charge in [-0.05, 0) is 35.4 Å². The summed E-state index contributed by atoms with van der Waals surface area (Å²) in [4.78, 5) is 33.8. The van der Waals surface area contributed by atoms with Gasteiger partial charge in [-0.1, -0.05) is 24.3 Å². The molecule has 10 nitrogen and oxygen atoms in total. The molecule has 0 unspecified atom stereocenters. The Morgan fingerprint density at radius 1 is 1.03 bits per heavy atom. The second kappa shape index (κ2) is 9.57. The third-order valence-electron chi connectivity index (χ3n) is 4.84. The van der Waals surface area contributed by atoms with Gasteiger partial charge in [0.05, 0.1) is 18.7 Å². The Bertz CT molecular complexity index is 1360. The van der Waals surface area contributed by atoms with Gasteiger partial charge in [-0.3, -0.25) is 9.59 Å². The molecule has 0 aliphatic carbocycles. The summed E-state index contributed by atoms with van der Waals surface area (Å²) in [7, 11) is 1.57. The SMILES string of the molecule is COc1cccc(CNC(=O)c2cc(C(=O)NCc3ccc(C#N)cc3)n3ncnc3n2)c1. The Hall–Kier alpha value is -4.78. The van der Waals surface area contributed by atoms with Crippen LogP contribution < -0.4 is 15.4 Å². The number of amides is 2. The third-order valence-corrected chi connectivity index (χ3v) is 4.84. The summed E-state index contributed by atoms with van der Waals surface area (Å²) < 4.78 is 6.46. The van der Waals surface area contributed by atoms with Crippen molar-refractivity contribution in [1.82, 2.24) is 30.2 Å². The van der Waals surface area contributed by atoms with Gasteiger partial charge in [0.25, 0.3) is 17.6 Å². The quantitative estimate of drug-likeness (QED) is 0.447. The van der Waals surface area contributed by atoms with Gasteiger partial charge >= 0.3 is 0 Å². The topological polar surface area (TPSA) is 134 Å². The Labute approximate surface area is 188 Å². The van der Waals surface area contributed by atoms with Gasteiger partial charge < -0.3 is 15.4 Å². The maximum Gasteiger partial charge on any atom is 0.270 e. The van der Waals surface area contributed by atoms with Crippen LogP contribution in [0.5, 0.6) is 5.75 Å². The number of hydrogen-bond acceptors (Lipinski definition) is 7. The number of ether oxygens (including phenoxy) is 1. The lowest BCUT2D eigenvalue weighted by Crippen LogP contribution is -2.28. The van der Waals surface area contributed by atoms with Crippen LogP contribution >= 0.6 is 0 Å². The molecule has 0 saturated carbocycles. The zero-order chi connectivity index (χ0) is 23.2. The van der Waals surface area contributed by atoms with E-state index in [1.165, 1.54) is 16.9 Å². The monoisotopic (exact) mass is 441 g/mol. The van der Waals surface area contributed by atoms with Crippen molar-refractivity contribution in [3.05, 3.63) is 89.0 Å². The van der Waals surface area contributed by atoms with Crippen molar-refractivity contribution < 1.29 is 14.3 Å². The number of hydrogen-bond donors (Lipinski definition) is 2. The molecule has 2 aromatic heterocycles. The molecule has 0 aliphatic heterocycles. The number of rotatable bonds is 7. The van der Waals surface area contributed by atoms with Crippen molar-refractivity contribution >= 4 is 17.6 Å². The molecule has 0 radical (unpaired) electrons. The van der Waals surface area contributed by atoms with Crippen LogP contribution in [-0.4, -0.2) is 38.5 Å². The fraction of sp³-hybridized carbons (Fsp3) is 0.130. The lowest BCUT2D eigenvalue weighted by atomic mass is 10.1. The van der Waals surface area contributed by atoms with Crippen LogP contribution in [0.2, 0.25) is 0 Å². The zero-order valence-corrected chi connectivity index (χ0v) is 17.6. The first-order valence-electron chi connectivity index (χ1n) is 9.96. The van der Waals surface area contributed by atoms with Crippen LogP contribution in [0.3, 0.4) is 0 Å². The van der Waals surface area contributed by atoms with Crippen molar-refractivity contribution in [3.63, 3.8) is 0 Å². The number of benzene rings is 2. The van der Waals surface area contributed by atoms with E-state index in [1.807, 2.05) is 30.3 Å². The van der Waals surface area contributed by atoms with Crippen LogP contribution in [0.4, 0.5) is 0 Å². The molecule has 4 aromatic rings. The normalized spacial score (nSPS) is 10.4. The van der Waals surface area contributed by atoms with E-state index >= 15 is 0 Å². The van der Waals surface area contributed by atoms with E-state index in [0.717, 1.165) is 11.1 Å². The van der Waals surface area contributed by atoms with E-state index in [9.17, 15) is 9.59 Å². The fourth-order valence-corrected chi connectivity index (χ4v) is 3.12. The Morgan fingerprint density at radius 2 is 1.79 bits per heavy atom. The Morgan fingerprint density at radius 3 is 2.55 bits per heavy atom. The highest BCUT2D eigenvalue weighted by atomic mass is 16.5. The summed E-state index contributed by atoms with van der Waals surface area (Å²) in [6.07, 6.45) is 1.26. The number of nitrogens with one attached hydrogen (secondary N) is 2. The van der Waals surface area contributed by atoms with Gasteiger partial charge in [0.2, 0.25) is 0 Å². The minimum atomic E-state index is -0.454. The second-order valence-electron chi connectivity index (χ2n) is 7.02. The van der Waals surface area contributed by atoms with Crippen molar-refractivity contribution in [1.29, 1.82) is 5.26 Å². The lowest BCUT2D eigenvalue weighted by Gasteiger charge is -2.10. The van der Waals surface area contributed by atoms with E-state index in [1.54, 1.807) is 31.4 Å². The first-order chi connectivity index (χ1) is 16.1. The Balaban J connectivity index is 1.50. The molecule has 0 bridgehead atoms. The van der Waals surface area contributed by atoms with Gasteiger partial charge in [0, 0.05) is 19.2 Å². The lowest BCUT2D eigenvalue weighted by molar-refractivity contribution is 0.0942. The van der Waals surface area contributed by atoms with Gasteiger partial charge in [0.1, 0.15) is 23.5 Å². The molecule has 0 saturated heterocycles. The van der Waals surface area contributed by atoms with Crippen LogP contribution in [0.1, 0.15) is 37.7 Å². The van der Waals surface area contributed by atoms with Crippen LogP contribution in [0, 0.1) is 11.3 Å². The van der Waals surface area contributed by atoms with Gasteiger partial charge in [-0.2, -0.15) is 19.9 Å². The van der Waals surface area contributed by atoms with E-state index in [-0.39, 0.29) is 30.3 Å². The zero-order valence-electron chi connectivity index (χ0n) is 17.6. The van der Waals surface area contributed by atoms with Crippen LogP contribution in [-0.2, 0) is 13.1 Å². The van der Waals surface area contributed by atoms with E-state index in [0.29, 0.717) is 11.3 Å². The summed E-state index contributed by atoms with van der Waals surface area (Å²) in [5.74, 6) is -0.0814. The van der Waals surface area contributed by atoms with E-state index in [2.05, 4.69) is 25.7 Å². The molecule has 4 rings (SSSR count). The smallest absolute Gasteiger partial charge is 0.270 e. The van der Waals surface area contributed by atoms with Crippen LogP contribution in [0.25, 0.3) is 5.78 Å². The molecule has 2 aromatic carbocycles. The summed E-state index contributed by atoms with van der Waals surface area (Å²) in [6, 6.07) is 17.6. The van der Waals surface area contributed by atoms with Crippen molar-refractivity contribution in [3.8, 4) is 11.8 Å². The molecular weight excluding hydrogens is 422 g/mol. The first-order valence-corrected chi connectivity index (χ1v) is 9.96. The summed E-state index contributed by atoms with van der Waals surface area (Å²) in [6.45, 7) is 0.496. The molecule has 2 amide bonds. The molecule has 2 heterocycles. The second-order valence-corrected chi connectivity index (χ2v) is 7.02. The number of methoxy groups -OCH3 is 1. The molecule has 164 valence electrons. The van der Waals surface area contributed by atoms with Gasteiger partial charge in [-0.15, -0.1) is 0 Å². The third kappa shape index (κ3) is 4.94. The highest BCUT2D eigenvalue weighted by molar-refractivity contribution is 5.98. The molecule has 33 heavy (non-hydrogen) atoms. The number of carbonyl (C=O) groups is 2. The fourth-order valence-electron chi connectivity index (χ4n) is 3.12. The highest BCUT2D eigenvalue weighted by Crippen LogP contribution is 2.13. The highest BCUT2D eigenvalue weighted by Gasteiger charge is 2.18. The standard InChI is InChI=1S/C23H19N7O3/c1-33-18-4-2-3-17(9-18)13-25-21(31)19-10-20(30-23(29-19)27-14-28-30)22(32)26-12-16-7-5-15(11-24)6-8-16/h2-10,14H,12-13H2,1H3,(H,25,31)(H,26,32). The van der Waals surface area contributed by atoms with Crippen molar-refractivity contribution in [2.75, 3.05) is 7.11 Å². The predicted molar refractivity (Wildman–Crippen MR) is 117 cm³/mol. The number of nitrogens with zero attached hydrogens (tertiary/aromatic N) is 5. The maximum atomic E-state index is 12.9. The number of aromatic nitrogens is 4.